The van der Waals surface area contributed by atoms with Crippen molar-refractivity contribution in [1.29, 1.82) is 5.26 Å². The van der Waals surface area contributed by atoms with Gasteiger partial charge in [0.05, 0.1) is 11.6 Å². The van der Waals surface area contributed by atoms with Gasteiger partial charge in [0.2, 0.25) is 0 Å². The molecule has 1 aromatic rings. The Labute approximate surface area is 103 Å². The number of hydrogen-bond donors (Lipinski definition) is 0. The quantitative estimate of drug-likeness (QED) is 0.684. The summed E-state index contributed by atoms with van der Waals surface area (Å²) in [5.74, 6) is -0.964. The molecule has 1 saturated carbocycles. The topological polar surface area (TPSA) is 23.8 Å². The third-order valence-electron chi connectivity index (χ3n) is 2.92. The molecule has 0 aromatic heterocycles. The highest BCUT2D eigenvalue weighted by molar-refractivity contribution is 5.33. The fourth-order valence-corrected chi connectivity index (χ4v) is 1.91. The normalized spacial score (nSPS) is 34.7. The molecule has 1 heteroatoms. The van der Waals surface area contributed by atoms with Crippen molar-refractivity contribution in [2.75, 3.05) is 0 Å². The van der Waals surface area contributed by atoms with Gasteiger partial charge in [-0.25, -0.2) is 0 Å². The molecule has 1 aliphatic carbocycles. The Morgan fingerprint density at radius 2 is 1.94 bits per heavy atom. The molecule has 1 nitrogen and oxygen atoms in total. The van der Waals surface area contributed by atoms with Crippen LogP contribution in [0.2, 0.25) is 0 Å². The van der Waals surface area contributed by atoms with Crippen LogP contribution in [0.5, 0.6) is 0 Å². The predicted molar refractivity (Wildman–Crippen MR) is 66.1 cm³/mol. The van der Waals surface area contributed by atoms with Crippen LogP contribution in [-0.4, -0.2) is 0 Å². The first kappa shape index (κ1) is 6.91. The van der Waals surface area contributed by atoms with Gasteiger partial charge in [0.15, 0.2) is 0 Å². The van der Waals surface area contributed by atoms with Crippen LogP contribution in [0.1, 0.15) is 48.1 Å². The lowest BCUT2D eigenvalue weighted by Crippen LogP contribution is -2.11. The molecule has 16 heavy (non-hydrogen) atoms. The summed E-state index contributed by atoms with van der Waals surface area (Å²) in [6.45, 7) is 3.58. The Kier molecular flexibility index (Phi) is 2.15. The molecule has 82 valence electrons. The van der Waals surface area contributed by atoms with Crippen molar-refractivity contribution in [3.05, 3.63) is 48.0 Å². The van der Waals surface area contributed by atoms with Gasteiger partial charge in [0.1, 0.15) is 0 Å². The van der Waals surface area contributed by atoms with E-state index in [1.54, 1.807) is 24.3 Å². The van der Waals surface area contributed by atoms with Crippen LogP contribution < -0.4 is 0 Å². The van der Waals surface area contributed by atoms with E-state index in [1.807, 2.05) is 6.07 Å². The number of hydrogen-bond acceptors (Lipinski definition) is 1. The lowest BCUT2D eigenvalue weighted by molar-refractivity contribution is 0.376. The summed E-state index contributed by atoms with van der Waals surface area (Å²) in [7, 11) is 0. The summed E-state index contributed by atoms with van der Waals surface area (Å²) in [4.78, 5) is 0. The molecule has 1 fully saturated rings. The summed E-state index contributed by atoms with van der Waals surface area (Å²) in [6.07, 6.45) is -1.27. The molecule has 0 spiro atoms. The van der Waals surface area contributed by atoms with Crippen LogP contribution in [0, 0.1) is 17.2 Å². The highest BCUT2D eigenvalue weighted by Crippen LogP contribution is 2.35. The lowest BCUT2D eigenvalue weighted by atomic mass is 9.79. The van der Waals surface area contributed by atoms with Gasteiger partial charge < -0.3 is 0 Å². The minimum atomic E-state index is -1.61. The van der Waals surface area contributed by atoms with E-state index in [4.69, 9.17) is 10.7 Å². The Balaban J connectivity index is 2.31. The van der Waals surface area contributed by atoms with Gasteiger partial charge in [0.25, 0.3) is 0 Å². The third-order valence-corrected chi connectivity index (χ3v) is 2.92. The number of rotatable bonds is 2. The van der Waals surface area contributed by atoms with Crippen molar-refractivity contribution >= 4 is 0 Å². The summed E-state index contributed by atoms with van der Waals surface area (Å²) < 4.78 is 32.4. The summed E-state index contributed by atoms with van der Waals surface area (Å²) in [5, 5.41) is 8.79. The number of benzene rings is 1. The van der Waals surface area contributed by atoms with Crippen molar-refractivity contribution in [3.8, 4) is 6.07 Å². The zero-order valence-electron chi connectivity index (χ0n) is 13.1. The van der Waals surface area contributed by atoms with Crippen LogP contribution in [0.25, 0.3) is 0 Å². The van der Waals surface area contributed by atoms with Crippen LogP contribution in [-0.2, 0) is 0 Å². The van der Waals surface area contributed by atoms with E-state index in [1.165, 1.54) is 6.08 Å². The zero-order chi connectivity index (χ0) is 15.0. The molecule has 0 amide bonds. The van der Waals surface area contributed by atoms with Crippen molar-refractivity contribution in [3.63, 3.8) is 0 Å². The van der Waals surface area contributed by atoms with Crippen LogP contribution in [0.15, 0.2) is 36.9 Å². The van der Waals surface area contributed by atoms with Gasteiger partial charge in [-0.05, 0) is 55.1 Å². The van der Waals surface area contributed by atoms with Crippen molar-refractivity contribution in [2.45, 2.75) is 31.5 Å². The average molecular weight is 215 g/mol. The molecule has 0 saturated heterocycles. The van der Waals surface area contributed by atoms with E-state index in [9.17, 15) is 0 Å². The first-order chi connectivity index (χ1) is 9.30. The molecular weight excluding hydrogens is 194 g/mol. The maximum atomic E-state index is 8.79. The highest BCUT2D eigenvalue weighted by Gasteiger charge is 2.20. The molecule has 0 aliphatic heterocycles. The Hall–Kier alpha value is -1.55. The monoisotopic (exact) mass is 215 g/mol. The fourth-order valence-electron chi connectivity index (χ4n) is 1.91. The SMILES string of the molecule is [2H]C1([2H])CC(c2ccc(C#N)cc2)CC([2H])([2H])C1C=C. The average Bonchev–Trinajstić information content (AvgIpc) is 2.36. The Morgan fingerprint density at radius 3 is 2.44 bits per heavy atom. The second-order valence-corrected chi connectivity index (χ2v) is 3.96. The largest absolute Gasteiger partial charge is 0.192 e. The Morgan fingerprint density at radius 1 is 1.31 bits per heavy atom. The summed E-state index contributed by atoms with van der Waals surface area (Å²) >= 11 is 0. The van der Waals surface area contributed by atoms with E-state index in [-0.39, 0.29) is 18.8 Å². The van der Waals surface area contributed by atoms with Crippen molar-refractivity contribution in [2.24, 2.45) is 5.92 Å². The van der Waals surface area contributed by atoms with Crippen LogP contribution >= 0.6 is 0 Å². The van der Waals surface area contributed by atoms with E-state index >= 15 is 0 Å². The maximum Gasteiger partial charge on any atom is 0.0991 e. The van der Waals surface area contributed by atoms with Crippen molar-refractivity contribution < 1.29 is 5.48 Å². The van der Waals surface area contributed by atoms with Crippen LogP contribution in [0.3, 0.4) is 0 Å². The summed E-state index contributed by atoms with van der Waals surface area (Å²) in [5.41, 5.74) is 1.44. The first-order valence-electron chi connectivity index (χ1n) is 7.43. The van der Waals surface area contributed by atoms with Gasteiger partial charge in [0, 0.05) is 5.48 Å². The molecule has 0 N–H and O–H groups in total. The summed E-state index contributed by atoms with van der Waals surface area (Å²) in [6, 6.07) is 9.02. The lowest BCUT2D eigenvalue weighted by Gasteiger charge is -2.26. The number of nitriles is 1. The zero-order valence-corrected chi connectivity index (χ0v) is 9.11. The minimum absolute atomic E-state index is 0.177. The maximum absolute atomic E-state index is 8.79. The van der Waals surface area contributed by atoms with Crippen molar-refractivity contribution in [1.82, 2.24) is 0 Å². The smallest absolute Gasteiger partial charge is 0.0991 e. The fraction of sp³-hybridized carbons (Fsp3) is 0.400. The molecule has 0 radical (unpaired) electrons. The third kappa shape index (κ3) is 2.33. The van der Waals surface area contributed by atoms with Gasteiger partial charge >= 0.3 is 0 Å². The van der Waals surface area contributed by atoms with E-state index in [2.05, 4.69) is 6.58 Å². The molecular formula is C15H17N. The molecule has 0 heterocycles. The highest BCUT2D eigenvalue weighted by atomic mass is 14.3. The Bertz CT molecular complexity index is 524. The van der Waals surface area contributed by atoms with E-state index in [0.717, 1.165) is 5.56 Å². The van der Waals surface area contributed by atoms with Gasteiger partial charge in [-0.1, -0.05) is 18.2 Å². The van der Waals surface area contributed by atoms with E-state index in [0.29, 0.717) is 5.56 Å². The molecule has 0 bridgehead atoms. The minimum Gasteiger partial charge on any atom is -0.192 e. The van der Waals surface area contributed by atoms with E-state index < -0.39 is 18.7 Å². The first-order valence-corrected chi connectivity index (χ1v) is 5.43. The van der Waals surface area contributed by atoms with Crippen LogP contribution in [0.4, 0.5) is 0 Å². The number of nitrogens with zero attached hydrogens (tertiary/aromatic N) is 1. The van der Waals surface area contributed by atoms with Gasteiger partial charge in [-0.3, -0.25) is 0 Å². The second kappa shape index (κ2) is 4.99. The second-order valence-electron chi connectivity index (χ2n) is 3.96. The number of allylic oxidation sites excluding steroid dienone is 1. The molecule has 2 rings (SSSR count). The van der Waals surface area contributed by atoms with Gasteiger partial charge in [-0.15, -0.1) is 6.58 Å². The molecule has 1 aromatic carbocycles. The predicted octanol–water partition coefficient (Wildman–Crippen LogP) is 4.02. The molecule has 0 atom stereocenters. The standard InChI is InChI=1S/C15H17N/c1-2-12-3-7-14(8-4-12)15-9-5-13(11-16)6-10-15/h2,5-6,9-10,12,14H,1,3-4,7-8H2/i3D2,4D2. The van der Waals surface area contributed by atoms with Gasteiger partial charge in [-0.2, -0.15) is 5.26 Å². The molecule has 0 unspecified atom stereocenters. The molecule has 1 aliphatic rings.